The second-order valence-electron chi connectivity index (χ2n) is 4.84. The molecule has 116 valence electrons. The molecule has 0 atom stereocenters. The maximum Gasteiger partial charge on any atom is 0.315 e. The van der Waals surface area contributed by atoms with Crippen LogP contribution in [0.2, 0.25) is 0 Å². The van der Waals surface area contributed by atoms with E-state index in [9.17, 15) is 9.18 Å². The molecule has 0 heterocycles. The normalized spacial score (nSPS) is 10.1. The van der Waals surface area contributed by atoms with Crippen molar-refractivity contribution in [1.29, 1.82) is 0 Å². The molecule has 0 saturated carbocycles. The first-order chi connectivity index (χ1) is 10.7. The predicted molar refractivity (Wildman–Crippen MR) is 83.3 cm³/mol. The Labute approximate surface area is 129 Å². The Morgan fingerprint density at radius 2 is 1.86 bits per heavy atom. The minimum Gasteiger partial charge on any atom is -0.497 e. The first-order valence-electron chi connectivity index (χ1n) is 7.06. The summed E-state index contributed by atoms with van der Waals surface area (Å²) in [7, 11) is 1.61. The molecule has 0 fully saturated rings. The van der Waals surface area contributed by atoms with Crippen LogP contribution < -0.4 is 15.4 Å². The summed E-state index contributed by atoms with van der Waals surface area (Å²) in [6, 6.07) is 13.5. The van der Waals surface area contributed by atoms with Gasteiger partial charge >= 0.3 is 6.03 Å². The fourth-order valence-electron chi connectivity index (χ4n) is 2.00. The Bertz CT molecular complexity index is 614. The summed E-state index contributed by atoms with van der Waals surface area (Å²) in [6.07, 6.45) is 0.660. The van der Waals surface area contributed by atoms with E-state index in [0.717, 1.165) is 16.9 Å². The van der Waals surface area contributed by atoms with Gasteiger partial charge in [0, 0.05) is 13.1 Å². The highest BCUT2D eigenvalue weighted by molar-refractivity contribution is 5.73. The van der Waals surface area contributed by atoms with Crippen LogP contribution in [0, 0.1) is 5.82 Å². The number of hydrogen-bond acceptors (Lipinski definition) is 2. The minimum atomic E-state index is -0.257. The van der Waals surface area contributed by atoms with Gasteiger partial charge in [0.25, 0.3) is 0 Å². The molecule has 0 spiro atoms. The van der Waals surface area contributed by atoms with Crippen LogP contribution in [0.25, 0.3) is 0 Å². The minimum absolute atomic E-state index is 0.232. The van der Waals surface area contributed by atoms with E-state index < -0.39 is 0 Å². The molecule has 4 nitrogen and oxygen atoms in total. The van der Waals surface area contributed by atoms with Gasteiger partial charge in [-0.25, -0.2) is 9.18 Å². The molecule has 2 aromatic carbocycles. The maximum atomic E-state index is 12.8. The highest BCUT2D eigenvalue weighted by Gasteiger charge is 2.01. The summed E-state index contributed by atoms with van der Waals surface area (Å²) < 4.78 is 17.9. The first kappa shape index (κ1) is 15.8. The van der Waals surface area contributed by atoms with Crippen molar-refractivity contribution < 1.29 is 13.9 Å². The van der Waals surface area contributed by atoms with Crippen LogP contribution in [0.4, 0.5) is 9.18 Å². The zero-order valence-corrected chi connectivity index (χ0v) is 12.4. The number of halogens is 1. The van der Waals surface area contributed by atoms with Crippen molar-refractivity contribution >= 4 is 6.03 Å². The van der Waals surface area contributed by atoms with E-state index in [1.807, 2.05) is 24.3 Å². The second-order valence-corrected chi connectivity index (χ2v) is 4.84. The van der Waals surface area contributed by atoms with Gasteiger partial charge in [-0.05, 0) is 41.8 Å². The number of carbonyl (C=O) groups is 1. The summed E-state index contributed by atoms with van der Waals surface area (Å²) in [5.41, 5.74) is 1.95. The lowest BCUT2D eigenvalue weighted by atomic mass is 10.1. The van der Waals surface area contributed by atoms with E-state index in [-0.39, 0.29) is 11.8 Å². The van der Waals surface area contributed by atoms with Crippen LogP contribution >= 0.6 is 0 Å². The van der Waals surface area contributed by atoms with Crippen molar-refractivity contribution in [2.75, 3.05) is 13.7 Å². The molecule has 0 radical (unpaired) electrons. The van der Waals surface area contributed by atoms with Gasteiger partial charge < -0.3 is 15.4 Å². The van der Waals surface area contributed by atoms with Crippen LogP contribution in [0.1, 0.15) is 11.1 Å². The third-order valence-corrected chi connectivity index (χ3v) is 3.20. The Kier molecular flexibility index (Phi) is 5.77. The van der Waals surface area contributed by atoms with Crippen molar-refractivity contribution in [2.45, 2.75) is 13.0 Å². The first-order valence-corrected chi connectivity index (χ1v) is 7.06. The van der Waals surface area contributed by atoms with Gasteiger partial charge in [-0.15, -0.1) is 0 Å². The molecule has 0 bridgehead atoms. The molecule has 0 aliphatic carbocycles. The Balaban J connectivity index is 1.70. The molecule has 0 aliphatic heterocycles. The van der Waals surface area contributed by atoms with Crippen LogP contribution in [-0.2, 0) is 13.0 Å². The topological polar surface area (TPSA) is 50.4 Å². The number of ether oxygens (including phenoxy) is 1. The Morgan fingerprint density at radius 3 is 2.59 bits per heavy atom. The smallest absolute Gasteiger partial charge is 0.315 e. The second kappa shape index (κ2) is 8.02. The molecule has 0 saturated heterocycles. The monoisotopic (exact) mass is 302 g/mol. The standard InChI is InChI=1S/C17H19FN2O2/c1-22-16-4-2-3-14(11-16)12-20-17(21)19-10-9-13-5-7-15(18)8-6-13/h2-8,11H,9-10,12H2,1H3,(H2,19,20,21). The summed E-state index contributed by atoms with van der Waals surface area (Å²) in [4.78, 5) is 11.7. The Hall–Kier alpha value is -2.56. The zero-order valence-electron chi connectivity index (χ0n) is 12.4. The Morgan fingerprint density at radius 1 is 1.09 bits per heavy atom. The van der Waals surface area contributed by atoms with Crippen molar-refractivity contribution in [3.8, 4) is 5.75 Å². The van der Waals surface area contributed by atoms with Crippen molar-refractivity contribution in [3.05, 3.63) is 65.5 Å². The molecule has 2 aromatic rings. The molecule has 2 N–H and O–H groups in total. The molecule has 2 amide bonds. The highest BCUT2D eigenvalue weighted by atomic mass is 19.1. The third-order valence-electron chi connectivity index (χ3n) is 3.20. The fraction of sp³-hybridized carbons (Fsp3) is 0.235. The van der Waals surface area contributed by atoms with Crippen molar-refractivity contribution in [1.82, 2.24) is 10.6 Å². The van der Waals surface area contributed by atoms with Gasteiger partial charge in [0.2, 0.25) is 0 Å². The number of nitrogens with one attached hydrogen (secondary N) is 2. The third kappa shape index (κ3) is 5.09. The number of carbonyl (C=O) groups excluding carboxylic acids is 1. The molecule has 22 heavy (non-hydrogen) atoms. The van der Waals surface area contributed by atoms with E-state index in [1.54, 1.807) is 19.2 Å². The van der Waals surface area contributed by atoms with Crippen LogP contribution in [0.3, 0.4) is 0 Å². The molecular formula is C17H19FN2O2. The highest BCUT2D eigenvalue weighted by Crippen LogP contribution is 2.12. The van der Waals surface area contributed by atoms with Gasteiger partial charge in [-0.1, -0.05) is 24.3 Å². The summed E-state index contributed by atoms with van der Waals surface area (Å²) in [5, 5.41) is 5.55. The van der Waals surface area contributed by atoms with Crippen LogP contribution in [0.5, 0.6) is 5.75 Å². The lowest BCUT2D eigenvalue weighted by molar-refractivity contribution is 0.240. The largest absolute Gasteiger partial charge is 0.497 e. The predicted octanol–water partition coefficient (Wildman–Crippen LogP) is 2.88. The molecule has 5 heteroatoms. The zero-order chi connectivity index (χ0) is 15.8. The average molecular weight is 302 g/mol. The van der Waals surface area contributed by atoms with Gasteiger partial charge in [0.05, 0.1) is 7.11 Å². The maximum absolute atomic E-state index is 12.8. The summed E-state index contributed by atoms with van der Waals surface area (Å²) in [5.74, 6) is 0.503. The number of methoxy groups -OCH3 is 1. The quantitative estimate of drug-likeness (QED) is 0.862. The molecule has 0 unspecified atom stereocenters. The molecular weight excluding hydrogens is 283 g/mol. The van der Waals surface area contributed by atoms with Gasteiger partial charge in [-0.2, -0.15) is 0 Å². The number of rotatable bonds is 6. The van der Waals surface area contributed by atoms with E-state index in [4.69, 9.17) is 4.74 Å². The van der Waals surface area contributed by atoms with Crippen LogP contribution in [0.15, 0.2) is 48.5 Å². The number of benzene rings is 2. The van der Waals surface area contributed by atoms with Gasteiger partial charge in [0.1, 0.15) is 11.6 Å². The number of amides is 2. The van der Waals surface area contributed by atoms with Gasteiger partial charge in [0.15, 0.2) is 0 Å². The van der Waals surface area contributed by atoms with E-state index in [2.05, 4.69) is 10.6 Å². The lowest BCUT2D eigenvalue weighted by Crippen LogP contribution is -2.36. The molecule has 0 aliphatic rings. The molecule has 2 rings (SSSR count). The van der Waals surface area contributed by atoms with E-state index in [0.29, 0.717) is 19.5 Å². The van der Waals surface area contributed by atoms with E-state index in [1.165, 1.54) is 12.1 Å². The average Bonchev–Trinajstić information content (AvgIpc) is 2.55. The summed E-state index contributed by atoms with van der Waals surface area (Å²) in [6.45, 7) is 0.926. The SMILES string of the molecule is COc1cccc(CNC(=O)NCCc2ccc(F)cc2)c1. The molecule has 0 aromatic heterocycles. The van der Waals surface area contributed by atoms with E-state index >= 15 is 0 Å². The fourth-order valence-corrected chi connectivity index (χ4v) is 2.00. The van der Waals surface area contributed by atoms with Crippen LogP contribution in [-0.4, -0.2) is 19.7 Å². The van der Waals surface area contributed by atoms with Gasteiger partial charge in [-0.3, -0.25) is 0 Å². The number of hydrogen-bond donors (Lipinski definition) is 2. The summed E-state index contributed by atoms with van der Waals surface area (Å²) >= 11 is 0. The van der Waals surface area contributed by atoms with Crippen molar-refractivity contribution in [2.24, 2.45) is 0 Å². The lowest BCUT2D eigenvalue weighted by Gasteiger charge is -2.08. The van der Waals surface area contributed by atoms with Crippen molar-refractivity contribution in [3.63, 3.8) is 0 Å². The number of urea groups is 1.